The number of aryl methyl sites for hydroxylation is 1. The molecular weight excluding hydrogens is 326 g/mol. The zero-order valence-electron chi connectivity index (χ0n) is 13.2. The number of hydrogen-bond acceptors (Lipinski definition) is 7. The molecule has 0 spiro atoms. The molecule has 24 heavy (non-hydrogen) atoms. The van der Waals surface area contributed by atoms with Gasteiger partial charge in [0.15, 0.2) is 0 Å². The third kappa shape index (κ3) is 3.87. The molecule has 0 unspecified atom stereocenters. The summed E-state index contributed by atoms with van der Waals surface area (Å²) < 4.78 is 1.56. The van der Waals surface area contributed by atoms with Crippen molar-refractivity contribution in [2.45, 2.75) is 20.3 Å². The van der Waals surface area contributed by atoms with E-state index in [1.807, 2.05) is 43.5 Å². The molecule has 3 rings (SSSR count). The number of nitrogens with zero attached hydrogens (tertiary/aromatic N) is 6. The summed E-state index contributed by atoms with van der Waals surface area (Å²) in [5.41, 5.74) is 5.85. The van der Waals surface area contributed by atoms with Gasteiger partial charge in [-0.05, 0) is 42.0 Å². The topological polar surface area (TPSA) is 98.0 Å². The fraction of sp³-hybridized carbons (Fsp3) is 0.200. The molecular formula is C15H15N7OS. The van der Waals surface area contributed by atoms with Crippen LogP contribution < -0.4 is 5.43 Å². The lowest BCUT2D eigenvalue weighted by molar-refractivity contribution is -0.120. The Bertz CT molecular complexity index is 870. The van der Waals surface area contributed by atoms with Gasteiger partial charge in [-0.1, -0.05) is 12.1 Å². The highest BCUT2D eigenvalue weighted by atomic mass is 32.1. The van der Waals surface area contributed by atoms with Crippen molar-refractivity contribution >= 4 is 23.0 Å². The maximum Gasteiger partial charge on any atom is 0.246 e. The number of carbonyl (C=O) groups excluding carboxylic acids is 1. The monoisotopic (exact) mass is 341 g/mol. The molecule has 1 amide bonds. The van der Waals surface area contributed by atoms with Gasteiger partial charge in [-0.2, -0.15) is 5.10 Å². The Morgan fingerprint density at radius 1 is 1.42 bits per heavy atom. The second-order valence-electron chi connectivity index (χ2n) is 5.10. The molecule has 2 heterocycles. The third-order valence-corrected chi connectivity index (χ3v) is 4.17. The Balaban J connectivity index is 1.67. The zero-order valence-corrected chi connectivity index (χ0v) is 14.0. The standard InChI is InChI=1S/C15H15N7OS/c1-10-8-24-15(17-10)7-14(23)19-18-11(2)12-4-3-5-13(6-12)22-9-16-20-21-22/h3-6,8-9H,7H2,1-2H3,(H,19,23)/b18-11-. The minimum atomic E-state index is -0.194. The summed E-state index contributed by atoms with van der Waals surface area (Å²) in [7, 11) is 0. The summed E-state index contributed by atoms with van der Waals surface area (Å²) in [6, 6.07) is 7.57. The van der Waals surface area contributed by atoms with Gasteiger partial charge in [0, 0.05) is 11.1 Å². The molecule has 0 fully saturated rings. The van der Waals surface area contributed by atoms with Gasteiger partial charge in [-0.3, -0.25) is 4.79 Å². The Morgan fingerprint density at radius 3 is 3.00 bits per heavy atom. The minimum Gasteiger partial charge on any atom is -0.273 e. The molecule has 0 aliphatic carbocycles. The van der Waals surface area contributed by atoms with Crippen molar-refractivity contribution in [3.63, 3.8) is 0 Å². The van der Waals surface area contributed by atoms with Crippen LogP contribution >= 0.6 is 11.3 Å². The molecule has 1 N–H and O–H groups in total. The molecule has 0 atom stereocenters. The van der Waals surface area contributed by atoms with Gasteiger partial charge in [0.1, 0.15) is 11.3 Å². The number of rotatable bonds is 5. The number of tetrazole rings is 1. The van der Waals surface area contributed by atoms with Crippen molar-refractivity contribution in [2.75, 3.05) is 0 Å². The smallest absolute Gasteiger partial charge is 0.246 e. The normalized spacial score (nSPS) is 11.5. The average molecular weight is 341 g/mol. The number of benzene rings is 1. The predicted octanol–water partition coefficient (Wildman–Crippen LogP) is 1.51. The summed E-state index contributed by atoms with van der Waals surface area (Å²) >= 11 is 1.47. The van der Waals surface area contributed by atoms with Crippen molar-refractivity contribution in [1.82, 2.24) is 30.6 Å². The van der Waals surface area contributed by atoms with E-state index in [0.29, 0.717) is 5.71 Å². The lowest BCUT2D eigenvalue weighted by Crippen LogP contribution is -2.21. The van der Waals surface area contributed by atoms with E-state index in [1.165, 1.54) is 17.7 Å². The minimum absolute atomic E-state index is 0.194. The largest absolute Gasteiger partial charge is 0.273 e. The van der Waals surface area contributed by atoms with Crippen LogP contribution in [0.5, 0.6) is 0 Å². The molecule has 122 valence electrons. The van der Waals surface area contributed by atoms with Crippen molar-refractivity contribution in [2.24, 2.45) is 5.10 Å². The van der Waals surface area contributed by atoms with Crippen LogP contribution in [0.3, 0.4) is 0 Å². The van der Waals surface area contributed by atoms with Crippen LogP contribution in [0.1, 0.15) is 23.2 Å². The molecule has 1 aromatic carbocycles. The maximum atomic E-state index is 11.9. The number of hydrogen-bond donors (Lipinski definition) is 1. The fourth-order valence-electron chi connectivity index (χ4n) is 2.02. The van der Waals surface area contributed by atoms with Crippen LogP contribution in [0.4, 0.5) is 0 Å². The van der Waals surface area contributed by atoms with Gasteiger partial charge in [-0.25, -0.2) is 15.1 Å². The quantitative estimate of drug-likeness (QED) is 0.560. The Morgan fingerprint density at radius 2 is 2.29 bits per heavy atom. The number of thiazole rings is 1. The molecule has 0 aliphatic heterocycles. The highest BCUT2D eigenvalue weighted by Crippen LogP contribution is 2.10. The Labute approximate surface area is 142 Å². The van der Waals surface area contributed by atoms with E-state index in [9.17, 15) is 4.79 Å². The highest BCUT2D eigenvalue weighted by Gasteiger charge is 2.07. The summed E-state index contributed by atoms with van der Waals surface area (Å²) in [5.74, 6) is -0.194. The Hall–Kier alpha value is -2.94. The number of aromatic nitrogens is 5. The molecule has 0 radical (unpaired) electrons. The van der Waals surface area contributed by atoms with Crippen molar-refractivity contribution in [3.05, 3.63) is 52.2 Å². The number of amides is 1. The van der Waals surface area contributed by atoms with Crippen molar-refractivity contribution in [3.8, 4) is 5.69 Å². The van der Waals surface area contributed by atoms with Gasteiger partial charge < -0.3 is 0 Å². The molecule has 0 bridgehead atoms. The maximum absolute atomic E-state index is 11.9. The third-order valence-electron chi connectivity index (χ3n) is 3.20. The van der Waals surface area contributed by atoms with Crippen LogP contribution in [0, 0.1) is 6.92 Å². The summed E-state index contributed by atoms with van der Waals surface area (Å²) in [5, 5.41) is 17.9. The average Bonchev–Trinajstić information content (AvgIpc) is 3.25. The predicted molar refractivity (Wildman–Crippen MR) is 90.1 cm³/mol. The van der Waals surface area contributed by atoms with Crippen LogP contribution in [0.15, 0.2) is 41.1 Å². The Kier molecular flexibility index (Phi) is 4.71. The van der Waals surface area contributed by atoms with Crippen LogP contribution in [0.25, 0.3) is 5.69 Å². The first-order valence-electron chi connectivity index (χ1n) is 7.20. The van der Waals surface area contributed by atoms with Gasteiger partial charge in [-0.15, -0.1) is 16.4 Å². The van der Waals surface area contributed by atoms with Gasteiger partial charge in [0.05, 0.1) is 17.8 Å². The molecule has 0 saturated carbocycles. The van der Waals surface area contributed by atoms with Gasteiger partial charge in [0.2, 0.25) is 5.91 Å². The number of hydrazone groups is 1. The first-order chi connectivity index (χ1) is 11.6. The second-order valence-corrected chi connectivity index (χ2v) is 6.04. The lowest BCUT2D eigenvalue weighted by Gasteiger charge is -2.05. The highest BCUT2D eigenvalue weighted by molar-refractivity contribution is 7.09. The lowest BCUT2D eigenvalue weighted by atomic mass is 10.1. The van der Waals surface area contributed by atoms with Gasteiger partial charge in [0.25, 0.3) is 0 Å². The molecule has 9 heteroatoms. The first-order valence-corrected chi connectivity index (χ1v) is 8.08. The second kappa shape index (κ2) is 7.09. The molecule has 8 nitrogen and oxygen atoms in total. The fourth-order valence-corrected chi connectivity index (χ4v) is 2.80. The van der Waals surface area contributed by atoms with E-state index in [4.69, 9.17) is 0 Å². The van der Waals surface area contributed by atoms with E-state index in [1.54, 1.807) is 4.68 Å². The summed E-state index contributed by atoms with van der Waals surface area (Å²) in [6.45, 7) is 3.73. The van der Waals surface area contributed by atoms with E-state index in [2.05, 4.69) is 31.0 Å². The zero-order chi connectivity index (χ0) is 16.9. The van der Waals surface area contributed by atoms with Crippen LogP contribution in [0.2, 0.25) is 0 Å². The SMILES string of the molecule is C/C(=N/NC(=O)Cc1nc(C)cs1)c1cccc(-n2cnnn2)c1. The molecule has 0 aliphatic rings. The number of nitrogens with one attached hydrogen (secondary N) is 1. The van der Waals surface area contributed by atoms with E-state index in [0.717, 1.165) is 22.0 Å². The first kappa shape index (κ1) is 15.9. The van der Waals surface area contributed by atoms with E-state index in [-0.39, 0.29) is 12.3 Å². The summed E-state index contributed by atoms with van der Waals surface area (Å²) in [4.78, 5) is 16.2. The molecule has 3 aromatic rings. The number of carbonyl (C=O) groups is 1. The van der Waals surface area contributed by atoms with Crippen molar-refractivity contribution < 1.29 is 4.79 Å². The van der Waals surface area contributed by atoms with Crippen molar-refractivity contribution in [1.29, 1.82) is 0 Å². The van der Waals surface area contributed by atoms with E-state index >= 15 is 0 Å². The van der Waals surface area contributed by atoms with Crippen LogP contribution in [-0.4, -0.2) is 36.8 Å². The van der Waals surface area contributed by atoms with Gasteiger partial charge >= 0.3 is 0 Å². The van der Waals surface area contributed by atoms with Crippen LogP contribution in [-0.2, 0) is 11.2 Å². The van der Waals surface area contributed by atoms with E-state index < -0.39 is 0 Å². The molecule has 0 saturated heterocycles. The summed E-state index contributed by atoms with van der Waals surface area (Å²) in [6.07, 6.45) is 1.74. The molecule has 2 aromatic heterocycles.